The van der Waals surface area contributed by atoms with Gasteiger partial charge in [0, 0.05) is 6.54 Å². The zero-order valence-electron chi connectivity index (χ0n) is 11.6. The van der Waals surface area contributed by atoms with Gasteiger partial charge in [-0.1, -0.05) is 0 Å². The van der Waals surface area contributed by atoms with Crippen LogP contribution in [-0.4, -0.2) is 54.6 Å². The van der Waals surface area contributed by atoms with Crippen LogP contribution >= 0.6 is 0 Å². The molecular weight excluding hydrogens is 244 g/mol. The van der Waals surface area contributed by atoms with Crippen LogP contribution in [-0.2, 0) is 6.54 Å². The summed E-state index contributed by atoms with van der Waals surface area (Å²) in [5, 5.41) is 8.81. The van der Waals surface area contributed by atoms with Crippen molar-refractivity contribution in [2.75, 3.05) is 33.7 Å². The van der Waals surface area contributed by atoms with Crippen LogP contribution in [0, 0.1) is 5.92 Å². The molecule has 0 atom stereocenters. The third kappa shape index (κ3) is 4.08. The minimum atomic E-state index is -1.01. The Balaban J connectivity index is 1.80. The van der Waals surface area contributed by atoms with Gasteiger partial charge in [-0.15, -0.1) is 0 Å². The molecule has 1 aliphatic rings. The van der Waals surface area contributed by atoms with Crippen molar-refractivity contribution in [3.05, 3.63) is 23.7 Å². The van der Waals surface area contributed by atoms with Crippen LogP contribution in [0.3, 0.4) is 0 Å². The van der Waals surface area contributed by atoms with Crippen LogP contribution in [0.5, 0.6) is 0 Å². The number of carboxylic acids is 1. The molecule has 0 amide bonds. The normalized spacial score (nSPS) is 18.1. The van der Waals surface area contributed by atoms with Crippen molar-refractivity contribution < 1.29 is 14.3 Å². The van der Waals surface area contributed by atoms with E-state index in [-0.39, 0.29) is 5.76 Å². The van der Waals surface area contributed by atoms with Crippen LogP contribution < -0.4 is 0 Å². The number of hydrogen-bond donors (Lipinski definition) is 1. The number of piperidine rings is 1. The van der Waals surface area contributed by atoms with Gasteiger partial charge < -0.3 is 14.4 Å². The Bertz CT molecular complexity index is 422. The van der Waals surface area contributed by atoms with E-state index in [1.165, 1.54) is 32.0 Å². The number of carbonyl (C=O) groups is 1. The van der Waals surface area contributed by atoms with E-state index in [0.717, 1.165) is 12.5 Å². The fourth-order valence-corrected chi connectivity index (χ4v) is 2.59. The molecule has 2 rings (SSSR count). The molecule has 0 unspecified atom stereocenters. The van der Waals surface area contributed by atoms with Gasteiger partial charge in [-0.2, -0.15) is 0 Å². The second-order valence-corrected chi connectivity index (χ2v) is 5.51. The molecule has 1 aromatic heterocycles. The molecule has 1 aromatic rings. The average molecular weight is 266 g/mol. The smallest absolute Gasteiger partial charge is 0.371 e. The average Bonchev–Trinajstić information content (AvgIpc) is 2.80. The molecule has 0 aromatic carbocycles. The second kappa shape index (κ2) is 6.21. The molecule has 106 valence electrons. The Hall–Kier alpha value is -1.33. The lowest BCUT2D eigenvalue weighted by Crippen LogP contribution is -2.35. The van der Waals surface area contributed by atoms with Crippen LogP contribution in [0.2, 0.25) is 0 Å². The van der Waals surface area contributed by atoms with Gasteiger partial charge in [-0.3, -0.25) is 4.90 Å². The highest BCUT2D eigenvalue weighted by molar-refractivity contribution is 5.84. The summed E-state index contributed by atoms with van der Waals surface area (Å²) in [5.41, 5.74) is 0. The predicted octanol–water partition coefficient (Wildman–Crippen LogP) is 1.75. The molecule has 2 heterocycles. The van der Waals surface area contributed by atoms with E-state index < -0.39 is 5.97 Å². The van der Waals surface area contributed by atoms with E-state index in [0.29, 0.717) is 12.3 Å². The molecule has 5 nitrogen and oxygen atoms in total. The number of furan rings is 1. The van der Waals surface area contributed by atoms with Gasteiger partial charge >= 0.3 is 5.97 Å². The summed E-state index contributed by atoms with van der Waals surface area (Å²) in [5.74, 6) is 0.454. The Labute approximate surface area is 113 Å². The van der Waals surface area contributed by atoms with Crippen molar-refractivity contribution in [2.45, 2.75) is 19.4 Å². The number of rotatable bonds is 5. The van der Waals surface area contributed by atoms with Gasteiger partial charge in [0.1, 0.15) is 5.76 Å². The van der Waals surface area contributed by atoms with Crippen LogP contribution in [0.25, 0.3) is 0 Å². The van der Waals surface area contributed by atoms with Crippen LogP contribution in [0.4, 0.5) is 0 Å². The Kier molecular flexibility index (Phi) is 4.61. The van der Waals surface area contributed by atoms with E-state index in [9.17, 15) is 4.79 Å². The lowest BCUT2D eigenvalue weighted by Gasteiger charge is -2.31. The largest absolute Gasteiger partial charge is 0.475 e. The van der Waals surface area contributed by atoms with Crippen LogP contribution in [0.15, 0.2) is 16.5 Å². The molecule has 0 bridgehead atoms. The summed E-state index contributed by atoms with van der Waals surface area (Å²) in [7, 11) is 4.22. The molecule has 1 saturated heterocycles. The van der Waals surface area contributed by atoms with Crippen molar-refractivity contribution in [1.29, 1.82) is 0 Å². The lowest BCUT2D eigenvalue weighted by atomic mass is 9.97. The summed E-state index contributed by atoms with van der Waals surface area (Å²) in [6.45, 7) is 4.04. The maximum absolute atomic E-state index is 10.7. The number of hydrogen-bond acceptors (Lipinski definition) is 4. The standard InChI is InChI=1S/C14H22N2O3/c1-15-7-5-11(6-8-15)9-16(2)10-12-3-4-13(19-12)14(17)18/h3-4,11H,5-10H2,1-2H3,(H,17,18). The highest BCUT2D eigenvalue weighted by atomic mass is 16.4. The number of aromatic carboxylic acids is 1. The van der Waals surface area contributed by atoms with Crippen LogP contribution in [0.1, 0.15) is 29.2 Å². The summed E-state index contributed by atoms with van der Waals surface area (Å²) < 4.78 is 5.27. The third-order valence-electron chi connectivity index (χ3n) is 3.71. The molecule has 1 fully saturated rings. The highest BCUT2D eigenvalue weighted by Crippen LogP contribution is 2.18. The topological polar surface area (TPSA) is 56.9 Å². The van der Waals surface area contributed by atoms with Gasteiger partial charge in [-0.25, -0.2) is 4.79 Å². The van der Waals surface area contributed by atoms with Gasteiger partial charge in [-0.05, 0) is 58.1 Å². The van der Waals surface area contributed by atoms with E-state index in [4.69, 9.17) is 9.52 Å². The monoisotopic (exact) mass is 266 g/mol. The first-order chi connectivity index (χ1) is 9.04. The van der Waals surface area contributed by atoms with Gasteiger partial charge in [0.2, 0.25) is 5.76 Å². The zero-order valence-corrected chi connectivity index (χ0v) is 11.6. The first kappa shape index (κ1) is 14.1. The lowest BCUT2D eigenvalue weighted by molar-refractivity contribution is 0.0658. The predicted molar refractivity (Wildman–Crippen MR) is 72.2 cm³/mol. The Morgan fingerprint density at radius 1 is 1.47 bits per heavy atom. The fourth-order valence-electron chi connectivity index (χ4n) is 2.59. The van der Waals surface area contributed by atoms with E-state index in [2.05, 4.69) is 23.9 Å². The molecule has 19 heavy (non-hydrogen) atoms. The molecule has 0 aliphatic carbocycles. The van der Waals surface area contributed by atoms with Crippen molar-refractivity contribution in [3.63, 3.8) is 0 Å². The number of nitrogens with zero attached hydrogens (tertiary/aromatic N) is 2. The number of carboxylic acid groups (broad SMARTS) is 1. The first-order valence-corrected chi connectivity index (χ1v) is 6.73. The molecule has 1 N–H and O–H groups in total. The van der Waals surface area contributed by atoms with Gasteiger partial charge in [0.15, 0.2) is 0 Å². The summed E-state index contributed by atoms with van der Waals surface area (Å²) >= 11 is 0. The van der Waals surface area contributed by atoms with Gasteiger partial charge in [0.25, 0.3) is 0 Å². The first-order valence-electron chi connectivity index (χ1n) is 6.73. The minimum Gasteiger partial charge on any atom is -0.475 e. The molecule has 0 radical (unpaired) electrons. The third-order valence-corrected chi connectivity index (χ3v) is 3.71. The Morgan fingerprint density at radius 3 is 2.74 bits per heavy atom. The maximum atomic E-state index is 10.7. The van der Waals surface area contributed by atoms with Crippen molar-refractivity contribution >= 4 is 5.97 Å². The minimum absolute atomic E-state index is 0.0164. The van der Waals surface area contributed by atoms with E-state index in [1.54, 1.807) is 6.07 Å². The fraction of sp³-hybridized carbons (Fsp3) is 0.643. The molecule has 1 aliphatic heterocycles. The van der Waals surface area contributed by atoms with Crippen molar-refractivity contribution in [3.8, 4) is 0 Å². The molecule has 5 heteroatoms. The second-order valence-electron chi connectivity index (χ2n) is 5.51. The summed E-state index contributed by atoms with van der Waals surface area (Å²) in [6.07, 6.45) is 2.47. The van der Waals surface area contributed by atoms with E-state index in [1.807, 2.05) is 0 Å². The van der Waals surface area contributed by atoms with Crippen molar-refractivity contribution in [1.82, 2.24) is 9.80 Å². The van der Waals surface area contributed by atoms with Crippen molar-refractivity contribution in [2.24, 2.45) is 5.92 Å². The quantitative estimate of drug-likeness (QED) is 0.880. The zero-order chi connectivity index (χ0) is 13.8. The maximum Gasteiger partial charge on any atom is 0.371 e. The SMILES string of the molecule is CN1CCC(CN(C)Cc2ccc(C(=O)O)o2)CC1. The summed E-state index contributed by atoms with van der Waals surface area (Å²) in [4.78, 5) is 15.3. The Morgan fingerprint density at radius 2 is 2.16 bits per heavy atom. The molecule has 0 saturated carbocycles. The van der Waals surface area contributed by atoms with E-state index >= 15 is 0 Å². The highest BCUT2D eigenvalue weighted by Gasteiger charge is 2.19. The van der Waals surface area contributed by atoms with Gasteiger partial charge in [0.05, 0.1) is 6.54 Å². The molecular formula is C14H22N2O3. The summed E-state index contributed by atoms with van der Waals surface area (Å²) in [6, 6.07) is 3.26. The molecule has 0 spiro atoms. The number of likely N-dealkylation sites (tertiary alicyclic amines) is 1.